The van der Waals surface area contributed by atoms with Gasteiger partial charge in [-0.2, -0.15) is 0 Å². The lowest BCUT2D eigenvalue weighted by atomic mass is 9.88. The van der Waals surface area contributed by atoms with Gasteiger partial charge in [-0.1, -0.05) is 12.8 Å². The van der Waals surface area contributed by atoms with Gasteiger partial charge in [0, 0.05) is 6.04 Å². The van der Waals surface area contributed by atoms with E-state index in [9.17, 15) is 0 Å². The third-order valence-electron chi connectivity index (χ3n) is 6.45. The summed E-state index contributed by atoms with van der Waals surface area (Å²) in [7, 11) is 2.22. The Bertz CT molecular complexity index is 265. The molecule has 2 bridgehead atoms. The van der Waals surface area contributed by atoms with Gasteiger partial charge in [-0.25, -0.2) is 0 Å². The van der Waals surface area contributed by atoms with Crippen molar-refractivity contribution in [3.8, 4) is 0 Å². The molecule has 0 spiro atoms. The Morgan fingerprint density at radius 3 is 2.12 bits per heavy atom. The van der Waals surface area contributed by atoms with Gasteiger partial charge < -0.3 is 5.32 Å². The molecule has 90 valence electrons. The summed E-state index contributed by atoms with van der Waals surface area (Å²) in [6.07, 6.45) is 10.8. The van der Waals surface area contributed by atoms with Crippen LogP contribution in [0.1, 0.15) is 44.9 Å². The minimum absolute atomic E-state index is 0.890. The molecule has 1 N–H and O–H groups in total. The molecule has 0 aromatic heterocycles. The van der Waals surface area contributed by atoms with Gasteiger partial charge in [0.15, 0.2) is 0 Å². The third-order valence-corrected chi connectivity index (χ3v) is 6.45. The molecule has 5 unspecified atom stereocenters. The van der Waals surface area contributed by atoms with E-state index in [1.807, 2.05) is 0 Å². The smallest absolute Gasteiger partial charge is 0.0126 e. The van der Waals surface area contributed by atoms with Gasteiger partial charge in [0.25, 0.3) is 0 Å². The first-order chi connectivity index (χ1) is 7.90. The van der Waals surface area contributed by atoms with Crippen LogP contribution >= 0.6 is 0 Å². The Balaban J connectivity index is 1.50. The second-order valence-corrected chi connectivity index (χ2v) is 6.92. The van der Waals surface area contributed by atoms with Crippen LogP contribution in [-0.4, -0.2) is 13.1 Å². The van der Waals surface area contributed by atoms with Crippen LogP contribution in [-0.2, 0) is 0 Å². The molecule has 0 amide bonds. The molecule has 16 heavy (non-hydrogen) atoms. The lowest BCUT2D eigenvalue weighted by Crippen LogP contribution is -2.36. The first kappa shape index (κ1) is 9.94. The van der Waals surface area contributed by atoms with Crippen LogP contribution in [0.25, 0.3) is 0 Å². The maximum atomic E-state index is 3.70. The zero-order valence-electron chi connectivity index (χ0n) is 10.5. The van der Waals surface area contributed by atoms with Gasteiger partial charge >= 0.3 is 0 Å². The maximum Gasteiger partial charge on any atom is 0.0126 e. The molecule has 0 aromatic rings. The van der Waals surface area contributed by atoms with E-state index in [1.54, 1.807) is 19.3 Å². The molecule has 0 radical (unpaired) electrons. The number of nitrogens with one attached hydrogen (secondary N) is 1. The standard InChI is InChI=1S/C15H25N/c1-16-15(9-4-2-3-5-9)14-12-10-6-7-11(8-10)13(12)14/h9-16H,2-8H2,1H3. The summed E-state index contributed by atoms with van der Waals surface area (Å²) in [5.41, 5.74) is 0. The van der Waals surface area contributed by atoms with Gasteiger partial charge in [-0.3, -0.25) is 0 Å². The van der Waals surface area contributed by atoms with Gasteiger partial charge in [0.2, 0.25) is 0 Å². The number of hydrogen-bond acceptors (Lipinski definition) is 1. The predicted molar refractivity (Wildman–Crippen MR) is 66.1 cm³/mol. The summed E-state index contributed by atoms with van der Waals surface area (Å²) in [6, 6.07) is 0.890. The molecular weight excluding hydrogens is 194 g/mol. The lowest BCUT2D eigenvalue weighted by Gasteiger charge is -2.25. The maximum absolute atomic E-state index is 3.70. The average molecular weight is 219 g/mol. The summed E-state index contributed by atoms with van der Waals surface area (Å²) < 4.78 is 0. The summed E-state index contributed by atoms with van der Waals surface area (Å²) in [4.78, 5) is 0. The average Bonchev–Trinajstić information content (AvgIpc) is 2.78. The summed E-state index contributed by atoms with van der Waals surface area (Å²) in [5, 5.41) is 3.70. The van der Waals surface area contributed by atoms with E-state index in [1.165, 1.54) is 25.7 Å². The molecule has 1 heteroatoms. The SMILES string of the molecule is CNC(C1CCCC1)C1C2C3CCC(C3)C21. The van der Waals surface area contributed by atoms with Crippen LogP contribution in [0.2, 0.25) is 0 Å². The summed E-state index contributed by atoms with van der Waals surface area (Å²) in [6.45, 7) is 0. The Hall–Kier alpha value is -0.0400. The van der Waals surface area contributed by atoms with Crippen molar-refractivity contribution in [2.45, 2.75) is 51.0 Å². The molecule has 0 aliphatic heterocycles. The van der Waals surface area contributed by atoms with Crippen LogP contribution in [0.4, 0.5) is 0 Å². The van der Waals surface area contributed by atoms with E-state index in [0.717, 1.165) is 41.5 Å². The quantitative estimate of drug-likeness (QED) is 0.769. The van der Waals surface area contributed by atoms with Crippen LogP contribution in [0.5, 0.6) is 0 Å². The molecule has 0 heterocycles. The van der Waals surface area contributed by atoms with Crippen molar-refractivity contribution < 1.29 is 0 Å². The summed E-state index contributed by atoms with van der Waals surface area (Å²) in [5.74, 6) is 6.75. The number of fused-ring (bicyclic) bond motifs is 5. The van der Waals surface area contributed by atoms with Crippen LogP contribution in [0.3, 0.4) is 0 Å². The molecule has 1 nitrogen and oxygen atoms in total. The molecule has 4 aliphatic carbocycles. The molecule has 4 fully saturated rings. The van der Waals surface area contributed by atoms with E-state index in [4.69, 9.17) is 0 Å². The van der Waals surface area contributed by atoms with Gasteiger partial charge in [0.1, 0.15) is 0 Å². The van der Waals surface area contributed by atoms with Crippen LogP contribution < -0.4 is 5.32 Å². The Morgan fingerprint density at radius 2 is 1.56 bits per heavy atom. The second kappa shape index (κ2) is 3.48. The largest absolute Gasteiger partial charge is 0.316 e. The van der Waals surface area contributed by atoms with Crippen molar-refractivity contribution in [1.82, 2.24) is 5.32 Å². The van der Waals surface area contributed by atoms with Gasteiger partial charge in [0.05, 0.1) is 0 Å². The first-order valence-corrected chi connectivity index (χ1v) is 7.57. The van der Waals surface area contributed by atoms with E-state index < -0.39 is 0 Å². The normalized spacial score (nSPS) is 51.9. The van der Waals surface area contributed by atoms with Gasteiger partial charge in [-0.15, -0.1) is 0 Å². The van der Waals surface area contributed by atoms with Gasteiger partial charge in [-0.05, 0) is 74.7 Å². The molecule has 4 rings (SSSR count). The van der Waals surface area contributed by atoms with Crippen molar-refractivity contribution in [2.24, 2.45) is 35.5 Å². The minimum Gasteiger partial charge on any atom is -0.316 e. The highest BCUT2D eigenvalue weighted by Crippen LogP contribution is 2.71. The van der Waals surface area contributed by atoms with Crippen LogP contribution in [0, 0.1) is 35.5 Å². The van der Waals surface area contributed by atoms with Crippen molar-refractivity contribution in [1.29, 1.82) is 0 Å². The highest BCUT2D eigenvalue weighted by molar-refractivity contribution is 5.16. The zero-order valence-corrected chi connectivity index (χ0v) is 10.5. The van der Waals surface area contributed by atoms with E-state index in [-0.39, 0.29) is 0 Å². The van der Waals surface area contributed by atoms with Crippen molar-refractivity contribution in [3.05, 3.63) is 0 Å². The van der Waals surface area contributed by atoms with E-state index in [2.05, 4.69) is 12.4 Å². The second-order valence-electron chi connectivity index (χ2n) is 6.92. The summed E-state index contributed by atoms with van der Waals surface area (Å²) >= 11 is 0. The molecule has 4 saturated carbocycles. The molecular formula is C15H25N. The Morgan fingerprint density at radius 1 is 0.938 bits per heavy atom. The molecule has 0 aromatic carbocycles. The zero-order chi connectivity index (χ0) is 10.7. The monoisotopic (exact) mass is 219 g/mol. The van der Waals surface area contributed by atoms with Crippen molar-refractivity contribution in [2.75, 3.05) is 7.05 Å². The molecule has 4 aliphatic rings. The highest BCUT2D eigenvalue weighted by atomic mass is 14.9. The third kappa shape index (κ3) is 1.21. The molecule has 5 atom stereocenters. The molecule has 0 saturated heterocycles. The topological polar surface area (TPSA) is 12.0 Å². The fourth-order valence-corrected chi connectivity index (χ4v) is 5.93. The highest BCUT2D eigenvalue weighted by Gasteiger charge is 2.67. The minimum atomic E-state index is 0.890. The van der Waals surface area contributed by atoms with E-state index >= 15 is 0 Å². The van der Waals surface area contributed by atoms with Crippen LogP contribution in [0.15, 0.2) is 0 Å². The fourth-order valence-electron chi connectivity index (χ4n) is 5.93. The van der Waals surface area contributed by atoms with Crippen molar-refractivity contribution in [3.63, 3.8) is 0 Å². The number of hydrogen-bond donors (Lipinski definition) is 1. The lowest BCUT2D eigenvalue weighted by molar-refractivity contribution is 0.290. The Kier molecular flexibility index (Phi) is 2.16. The first-order valence-electron chi connectivity index (χ1n) is 7.57. The fraction of sp³-hybridized carbons (Fsp3) is 1.00. The predicted octanol–water partition coefficient (Wildman–Crippen LogP) is 3.06. The number of rotatable bonds is 3. The van der Waals surface area contributed by atoms with Crippen molar-refractivity contribution >= 4 is 0 Å². The Labute approximate surface area is 99.4 Å². The van der Waals surface area contributed by atoms with E-state index in [0.29, 0.717) is 0 Å².